The van der Waals surface area contributed by atoms with E-state index in [1.54, 1.807) is 11.3 Å². The van der Waals surface area contributed by atoms with Crippen LogP contribution in [0.25, 0.3) is 11.3 Å². The number of rotatable bonds is 6. The number of aromatic nitrogens is 1. The van der Waals surface area contributed by atoms with Crippen LogP contribution in [0.5, 0.6) is 0 Å². The highest BCUT2D eigenvalue weighted by atomic mass is 32.1. The predicted octanol–water partition coefficient (Wildman–Crippen LogP) is 3.93. The van der Waals surface area contributed by atoms with Crippen LogP contribution in [0.3, 0.4) is 0 Å². The molecular formula is C24H28N4OS2. The van der Waals surface area contributed by atoms with E-state index in [9.17, 15) is 4.79 Å². The fourth-order valence-electron chi connectivity index (χ4n) is 4.49. The lowest BCUT2D eigenvalue weighted by Gasteiger charge is -2.35. The fraction of sp³-hybridized carbons (Fsp3) is 0.417. The zero-order chi connectivity index (χ0) is 21.2. The van der Waals surface area contributed by atoms with Crippen molar-refractivity contribution in [3.8, 4) is 11.3 Å². The number of fused-ring (bicyclic) bond motifs is 1. The Morgan fingerprint density at radius 2 is 1.90 bits per heavy atom. The van der Waals surface area contributed by atoms with Gasteiger partial charge in [0.25, 0.3) is 0 Å². The highest BCUT2D eigenvalue weighted by Crippen LogP contribution is 2.33. The maximum atomic E-state index is 13.1. The van der Waals surface area contributed by atoms with E-state index in [0.29, 0.717) is 6.54 Å². The minimum atomic E-state index is 0.225. The van der Waals surface area contributed by atoms with E-state index in [-0.39, 0.29) is 5.91 Å². The Morgan fingerprint density at radius 1 is 1.06 bits per heavy atom. The molecule has 0 atom stereocenters. The molecule has 1 amide bonds. The van der Waals surface area contributed by atoms with E-state index in [4.69, 9.17) is 0 Å². The van der Waals surface area contributed by atoms with Crippen molar-refractivity contribution in [1.82, 2.24) is 14.8 Å². The van der Waals surface area contributed by atoms with Gasteiger partial charge in [0.05, 0.1) is 17.2 Å². The summed E-state index contributed by atoms with van der Waals surface area (Å²) in [5, 5.41) is 5.34. The topological polar surface area (TPSA) is 39.7 Å². The van der Waals surface area contributed by atoms with Crippen LogP contribution in [-0.4, -0.2) is 66.5 Å². The van der Waals surface area contributed by atoms with Crippen molar-refractivity contribution >= 4 is 34.3 Å². The maximum Gasteiger partial charge on any atom is 0.241 e. The summed E-state index contributed by atoms with van der Waals surface area (Å²) in [6, 6.07) is 10.8. The number of amides is 1. The van der Waals surface area contributed by atoms with Gasteiger partial charge in [-0.25, -0.2) is 4.98 Å². The Balaban J connectivity index is 1.14. The van der Waals surface area contributed by atoms with Gasteiger partial charge in [-0.2, -0.15) is 0 Å². The summed E-state index contributed by atoms with van der Waals surface area (Å²) in [5.74, 6) is 0.225. The second-order valence-electron chi connectivity index (χ2n) is 8.34. The summed E-state index contributed by atoms with van der Waals surface area (Å²) in [6.07, 6.45) is 2.05. The van der Waals surface area contributed by atoms with Crippen molar-refractivity contribution in [2.75, 3.05) is 50.7 Å². The molecule has 162 valence electrons. The molecule has 2 aromatic heterocycles. The molecule has 0 saturated carbocycles. The molecule has 2 aliphatic rings. The van der Waals surface area contributed by atoms with Crippen molar-refractivity contribution in [2.45, 2.75) is 19.8 Å². The number of benzene rings is 1. The van der Waals surface area contributed by atoms with E-state index in [1.807, 2.05) is 23.2 Å². The van der Waals surface area contributed by atoms with Gasteiger partial charge in [-0.15, -0.1) is 22.7 Å². The summed E-state index contributed by atoms with van der Waals surface area (Å²) >= 11 is 3.51. The Bertz CT molecular complexity index is 1040. The normalized spacial score (nSPS) is 17.3. The smallest absolute Gasteiger partial charge is 0.241 e. The minimum Gasteiger partial charge on any atom is -0.311 e. The van der Waals surface area contributed by atoms with Crippen molar-refractivity contribution in [1.29, 1.82) is 0 Å². The molecule has 7 heteroatoms. The highest BCUT2D eigenvalue weighted by molar-refractivity contribution is 7.10. The summed E-state index contributed by atoms with van der Waals surface area (Å²) in [5.41, 5.74) is 4.52. The third-order valence-corrected chi connectivity index (χ3v) is 7.98. The fourth-order valence-corrected chi connectivity index (χ4v) is 5.81. The molecule has 0 N–H and O–H groups in total. The number of carbonyl (C=O) groups is 1. The number of thiophene rings is 1. The lowest BCUT2D eigenvalue weighted by atomic mass is 10.1. The van der Waals surface area contributed by atoms with Crippen LogP contribution in [0.2, 0.25) is 0 Å². The zero-order valence-electron chi connectivity index (χ0n) is 17.9. The molecule has 0 aliphatic carbocycles. The third kappa shape index (κ3) is 4.75. The van der Waals surface area contributed by atoms with Gasteiger partial charge in [-0.3, -0.25) is 9.69 Å². The molecule has 3 aromatic rings. The molecule has 5 nitrogen and oxygen atoms in total. The van der Waals surface area contributed by atoms with E-state index >= 15 is 0 Å². The molecule has 0 unspecified atom stereocenters. The van der Waals surface area contributed by atoms with Crippen LogP contribution in [0, 0.1) is 6.92 Å². The number of anilines is 1. The first-order valence-electron chi connectivity index (χ1n) is 11.0. The number of aryl methyl sites for hydroxylation is 1. The summed E-state index contributed by atoms with van der Waals surface area (Å²) in [4.78, 5) is 25.9. The lowest BCUT2D eigenvalue weighted by Crippen LogP contribution is -2.50. The summed E-state index contributed by atoms with van der Waals surface area (Å²) in [6.45, 7) is 8.49. The van der Waals surface area contributed by atoms with Crippen molar-refractivity contribution in [2.24, 2.45) is 0 Å². The number of hydrogen-bond donors (Lipinski definition) is 0. The first-order valence-corrected chi connectivity index (χ1v) is 12.7. The molecule has 0 bridgehead atoms. The number of nitrogens with zero attached hydrogens (tertiary/aromatic N) is 4. The van der Waals surface area contributed by atoms with Crippen LogP contribution in [-0.2, 0) is 17.6 Å². The Hall–Kier alpha value is -2.06. The van der Waals surface area contributed by atoms with E-state index < -0.39 is 0 Å². The average molecular weight is 453 g/mol. The number of piperazine rings is 1. The lowest BCUT2D eigenvalue weighted by molar-refractivity contribution is -0.120. The first kappa shape index (κ1) is 20.8. The van der Waals surface area contributed by atoms with Gasteiger partial charge in [-0.05, 0) is 48.9 Å². The molecule has 1 saturated heterocycles. The SMILES string of the molecule is Cc1nc(-c2ccc3c(c2)CCN3C(=O)CN2CCN(CCc3cccs3)CC2)cs1. The van der Waals surface area contributed by atoms with Gasteiger partial charge >= 0.3 is 0 Å². The van der Waals surface area contributed by atoms with Gasteiger partial charge in [-0.1, -0.05) is 12.1 Å². The van der Waals surface area contributed by atoms with Crippen LogP contribution in [0.15, 0.2) is 41.1 Å². The van der Waals surface area contributed by atoms with Gasteiger partial charge in [0, 0.05) is 60.8 Å². The Kier molecular flexibility index (Phi) is 6.18. The Labute approximate surface area is 191 Å². The molecule has 4 heterocycles. The molecule has 1 fully saturated rings. The number of hydrogen-bond acceptors (Lipinski definition) is 6. The van der Waals surface area contributed by atoms with Gasteiger partial charge in [0.15, 0.2) is 0 Å². The second-order valence-corrected chi connectivity index (χ2v) is 10.4. The van der Waals surface area contributed by atoms with Crippen LogP contribution < -0.4 is 4.90 Å². The molecule has 5 rings (SSSR count). The van der Waals surface area contributed by atoms with E-state index in [1.165, 1.54) is 10.4 Å². The zero-order valence-corrected chi connectivity index (χ0v) is 19.6. The number of carbonyl (C=O) groups excluding carboxylic acids is 1. The molecule has 0 spiro atoms. The molecular weight excluding hydrogens is 424 g/mol. The molecule has 0 radical (unpaired) electrons. The quantitative estimate of drug-likeness (QED) is 0.568. The number of thiazole rings is 1. The monoisotopic (exact) mass is 452 g/mol. The van der Waals surface area contributed by atoms with Crippen LogP contribution >= 0.6 is 22.7 Å². The van der Waals surface area contributed by atoms with E-state index in [2.05, 4.69) is 55.9 Å². The largest absolute Gasteiger partial charge is 0.311 e. The first-order chi connectivity index (χ1) is 15.2. The third-order valence-electron chi connectivity index (χ3n) is 6.27. The predicted molar refractivity (Wildman–Crippen MR) is 129 cm³/mol. The van der Waals surface area contributed by atoms with E-state index in [0.717, 1.165) is 74.1 Å². The summed E-state index contributed by atoms with van der Waals surface area (Å²) in [7, 11) is 0. The van der Waals surface area contributed by atoms with Gasteiger partial charge in [0.2, 0.25) is 5.91 Å². The van der Waals surface area contributed by atoms with Crippen LogP contribution in [0.4, 0.5) is 5.69 Å². The van der Waals surface area contributed by atoms with Crippen molar-refractivity contribution in [3.05, 3.63) is 56.5 Å². The van der Waals surface area contributed by atoms with Gasteiger partial charge < -0.3 is 9.80 Å². The van der Waals surface area contributed by atoms with Gasteiger partial charge in [0.1, 0.15) is 0 Å². The second kappa shape index (κ2) is 9.20. The molecule has 2 aliphatic heterocycles. The van der Waals surface area contributed by atoms with Crippen LogP contribution in [0.1, 0.15) is 15.4 Å². The minimum absolute atomic E-state index is 0.225. The highest BCUT2D eigenvalue weighted by Gasteiger charge is 2.27. The Morgan fingerprint density at radius 3 is 2.65 bits per heavy atom. The van der Waals surface area contributed by atoms with Crippen molar-refractivity contribution in [3.63, 3.8) is 0 Å². The van der Waals surface area contributed by atoms with Crippen molar-refractivity contribution < 1.29 is 4.79 Å². The average Bonchev–Trinajstić information content (AvgIpc) is 3.53. The molecule has 31 heavy (non-hydrogen) atoms. The summed E-state index contributed by atoms with van der Waals surface area (Å²) < 4.78 is 0. The maximum absolute atomic E-state index is 13.1. The standard InChI is InChI=1S/C24H28N4OS2/c1-18-25-22(17-31-18)19-4-5-23-20(15-19)6-9-28(23)24(29)16-27-12-10-26(11-13-27)8-7-21-3-2-14-30-21/h2-5,14-15,17H,6-13,16H2,1H3. The molecule has 1 aromatic carbocycles.